The molecule has 0 saturated heterocycles. The van der Waals surface area contributed by atoms with E-state index in [1.807, 2.05) is 50.2 Å². The lowest BCUT2D eigenvalue weighted by atomic mass is 10.1. The van der Waals surface area contributed by atoms with Gasteiger partial charge in [0, 0.05) is 11.0 Å². The number of benzene rings is 2. The molecule has 114 valence electrons. The minimum absolute atomic E-state index is 0.321. The van der Waals surface area contributed by atoms with Gasteiger partial charge < -0.3 is 10.6 Å². The molecule has 22 heavy (non-hydrogen) atoms. The average molecular weight is 361 g/mol. The highest BCUT2D eigenvalue weighted by Crippen LogP contribution is 2.23. The second kappa shape index (κ2) is 7.22. The highest BCUT2D eigenvalue weighted by Gasteiger charge is 2.14. The molecule has 5 heteroatoms. The van der Waals surface area contributed by atoms with Crippen molar-refractivity contribution in [1.29, 1.82) is 0 Å². The van der Waals surface area contributed by atoms with Crippen molar-refractivity contribution < 1.29 is 9.59 Å². The van der Waals surface area contributed by atoms with Crippen molar-refractivity contribution in [2.24, 2.45) is 0 Å². The van der Waals surface area contributed by atoms with Gasteiger partial charge in [0.2, 0.25) is 0 Å². The summed E-state index contributed by atoms with van der Waals surface area (Å²) in [5.41, 5.74) is 3.73. The Morgan fingerprint density at radius 3 is 2.23 bits per heavy atom. The van der Waals surface area contributed by atoms with E-state index in [0.717, 1.165) is 21.2 Å². The topological polar surface area (TPSA) is 58.2 Å². The van der Waals surface area contributed by atoms with Crippen LogP contribution in [0.4, 0.5) is 5.69 Å². The number of carbonyl (C=O) groups excluding carboxylic acids is 2. The van der Waals surface area contributed by atoms with Crippen LogP contribution in [-0.2, 0) is 16.1 Å². The zero-order chi connectivity index (χ0) is 16.1. The van der Waals surface area contributed by atoms with Crippen LogP contribution in [0.2, 0.25) is 0 Å². The van der Waals surface area contributed by atoms with Crippen molar-refractivity contribution in [2.75, 3.05) is 5.32 Å². The van der Waals surface area contributed by atoms with Gasteiger partial charge in [-0.15, -0.1) is 0 Å². The summed E-state index contributed by atoms with van der Waals surface area (Å²) in [6.45, 7) is 4.27. The standard InChI is InChI=1S/C17H17BrN2O2/c1-11-3-6-13(7-4-11)10-19-16(21)17(22)20-15-8-5-12(2)9-14(15)18/h3-9H,10H2,1-2H3,(H,19,21)(H,20,22). The molecule has 0 heterocycles. The van der Waals surface area contributed by atoms with Crippen molar-refractivity contribution in [2.45, 2.75) is 20.4 Å². The van der Waals surface area contributed by atoms with Crippen LogP contribution in [0.15, 0.2) is 46.9 Å². The van der Waals surface area contributed by atoms with Crippen molar-refractivity contribution in [3.63, 3.8) is 0 Å². The summed E-state index contributed by atoms with van der Waals surface area (Å²) >= 11 is 3.36. The molecule has 2 aromatic carbocycles. The Morgan fingerprint density at radius 2 is 1.59 bits per heavy atom. The van der Waals surface area contributed by atoms with Crippen LogP contribution in [0, 0.1) is 13.8 Å². The van der Waals surface area contributed by atoms with Crippen LogP contribution < -0.4 is 10.6 Å². The molecule has 0 radical (unpaired) electrons. The fourth-order valence-corrected chi connectivity index (χ4v) is 2.46. The largest absolute Gasteiger partial charge is 0.344 e. The zero-order valence-corrected chi connectivity index (χ0v) is 14.0. The molecule has 0 unspecified atom stereocenters. The summed E-state index contributed by atoms with van der Waals surface area (Å²) in [5.74, 6) is -1.34. The van der Waals surface area contributed by atoms with E-state index in [1.54, 1.807) is 6.07 Å². The molecular formula is C17H17BrN2O2. The van der Waals surface area contributed by atoms with E-state index in [4.69, 9.17) is 0 Å². The predicted octanol–water partition coefficient (Wildman–Crippen LogP) is 3.32. The maximum Gasteiger partial charge on any atom is 0.313 e. The van der Waals surface area contributed by atoms with Gasteiger partial charge >= 0.3 is 11.8 Å². The quantitative estimate of drug-likeness (QED) is 0.824. The minimum Gasteiger partial charge on any atom is -0.344 e. The predicted molar refractivity (Wildman–Crippen MR) is 90.5 cm³/mol. The summed E-state index contributed by atoms with van der Waals surface area (Å²) in [4.78, 5) is 23.7. The second-order valence-electron chi connectivity index (χ2n) is 5.11. The zero-order valence-electron chi connectivity index (χ0n) is 12.4. The minimum atomic E-state index is -0.684. The Hall–Kier alpha value is -2.14. The van der Waals surface area contributed by atoms with Gasteiger partial charge in [-0.25, -0.2) is 0 Å². The van der Waals surface area contributed by atoms with Crippen LogP contribution in [0.1, 0.15) is 16.7 Å². The number of hydrogen-bond acceptors (Lipinski definition) is 2. The first-order chi connectivity index (χ1) is 10.5. The maximum absolute atomic E-state index is 11.9. The molecule has 2 rings (SSSR count). The lowest BCUT2D eigenvalue weighted by molar-refractivity contribution is -0.136. The summed E-state index contributed by atoms with van der Waals surface area (Å²) in [6, 6.07) is 13.3. The van der Waals surface area contributed by atoms with Crippen LogP contribution in [0.5, 0.6) is 0 Å². The van der Waals surface area contributed by atoms with E-state index in [1.165, 1.54) is 0 Å². The summed E-state index contributed by atoms with van der Waals surface area (Å²) in [6.07, 6.45) is 0. The number of nitrogens with one attached hydrogen (secondary N) is 2. The molecule has 0 aliphatic carbocycles. The average Bonchev–Trinajstić information content (AvgIpc) is 2.49. The third-order valence-corrected chi connectivity index (χ3v) is 3.81. The highest BCUT2D eigenvalue weighted by molar-refractivity contribution is 9.10. The summed E-state index contributed by atoms with van der Waals surface area (Å²) in [5, 5.41) is 5.19. The fourth-order valence-electron chi connectivity index (χ4n) is 1.87. The number of amides is 2. The first kappa shape index (κ1) is 16.2. The molecule has 4 nitrogen and oxygen atoms in total. The number of aryl methyl sites for hydroxylation is 2. The number of rotatable bonds is 3. The SMILES string of the molecule is Cc1ccc(CNC(=O)C(=O)Nc2ccc(C)cc2Br)cc1. The molecule has 0 aliphatic rings. The molecule has 2 N–H and O–H groups in total. The van der Waals surface area contributed by atoms with Gasteiger partial charge in [-0.3, -0.25) is 9.59 Å². The highest BCUT2D eigenvalue weighted by atomic mass is 79.9. The van der Waals surface area contributed by atoms with E-state index in [-0.39, 0.29) is 0 Å². The molecule has 0 bridgehead atoms. The van der Waals surface area contributed by atoms with Crippen LogP contribution in [-0.4, -0.2) is 11.8 Å². The van der Waals surface area contributed by atoms with Crippen molar-refractivity contribution in [3.05, 3.63) is 63.6 Å². The molecule has 0 atom stereocenters. The van der Waals surface area contributed by atoms with Gasteiger partial charge in [-0.05, 0) is 53.0 Å². The molecule has 0 saturated carbocycles. The second-order valence-corrected chi connectivity index (χ2v) is 5.96. The lowest BCUT2D eigenvalue weighted by Crippen LogP contribution is -2.35. The Morgan fingerprint density at radius 1 is 0.955 bits per heavy atom. The molecule has 0 fully saturated rings. The molecule has 2 amide bonds. The maximum atomic E-state index is 11.9. The number of anilines is 1. The third-order valence-electron chi connectivity index (χ3n) is 3.15. The third kappa shape index (κ3) is 4.43. The van der Waals surface area contributed by atoms with Crippen molar-refractivity contribution >= 4 is 33.4 Å². The Kier molecular flexibility index (Phi) is 5.33. The van der Waals surface area contributed by atoms with Gasteiger partial charge in [0.05, 0.1) is 5.69 Å². The molecular weight excluding hydrogens is 344 g/mol. The van der Waals surface area contributed by atoms with E-state index in [0.29, 0.717) is 12.2 Å². The Labute approximate surface area is 138 Å². The van der Waals surface area contributed by atoms with Gasteiger partial charge in [0.25, 0.3) is 0 Å². The van der Waals surface area contributed by atoms with Crippen molar-refractivity contribution in [3.8, 4) is 0 Å². The normalized spacial score (nSPS) is 10.1. The Balaban J connectivity index is 1.92. The van der Waals surface area contributed by atoms with Gasteiger partial charge in [-0.1, -0.05) is 35.9 Å². The van der Waals surface area contributed by atoms with Crippen LogP contribution in [0.3, 0.4) is 0 Å². The first-order valence-corrected chi connectivity index (χ1v) is 7.66. The van der Waals surface area contributed by atoms with E-state index in [9.17, 15) is 9.59 Å². The number of halogens is 1. The lowest BCUT2D eigenvalue weighted by Gasteiger charge is -2.09. The van der Waals surface area contributed by atoms with Crippen molar-refractivity contribution in [1.82, 2.24) is 5.32 Å². The van der Waals surface area contributed by atoms with Crippen LogP contribution in [0.25, 0.3) is 0 Å². The van der Waals surface area contributed by atoms with Gasteiger partial charge in [0.15, 0.2) is 0 Å². The number of hydrogen-bond donors (Lipinski definition) is 2. The van der Waals surface area contributed by atoms with Crippen LogP contribution >= 0.6 is 15.9 Å². The monoisotopic (exact) mass is 360 g/mol. The van der Waals surface area contributed by atoms with Gasteiger partial charge in [-0.2, -0.15) is 0 Å². The molecule has 0 spiro atoms. The fraction of sp³-hybridized carbons (Fsp3) is 0.176. The van der Waals surface area contributed by atoms with E-state index < -0.39 is 11.8 Å². The molecule has 0 aliphatic heterocycles. The molecule has 0 aromatic heterocycles. The first-order valence-electron chi connectivity index (χ1n) is 6.86. The smallest absolute Gasteiger partial charge is 0.313 e. The summed E-state index contributed by atoms with van der Waals surface area (Å²) < 4.78 is 0.743. The Bertz CT molecular complexity index is 696. The number of carbonyl (C=O) groups is 2. The summed E-state index contributed by atoms with van der Waals surface area (Å²) in [7, 11) is 0. The molecule has 2 aromatic rings. The van der Waals surface area contributed by atoms with Gasteiger partial charge in [0.1, 0.15) is 0 Å². The van der Waals surface area contributed by atoms with E-state index >= 15 is 0 Å². The van der Waals surface area contributed by atoms with E-state index in [2.05, 4.69) is 26.6 Å².